The van der Waals surface area contributed by atoms with E-state index in [9.17, 15) is 0 Å². The summed E-state index contributed by atoms with van der Waals surface area (Å²) in [5.74, 6) is 2.01. The molecular formula is C18H24N4. The third kappa shape index (κ3) is 2.35. The molecule has 0 bridgehead atoms. The lowest BCUT2D eigenvalue weighted by Crippen LogP contribution is -2.45. The Labute approximate surface area is 132 Å². The Kier molecular flexibility index (Phi) is 3.30. The van der Waals surface area contributed by atoms with Gasteiger partial charge in [-0.3, -0.25) is 0 Å². The molecule has 1 unspecified atom stereocenters. The number of hydrogen-bond acceptors (Lipinski definition) is 4. The van der Waals surface area contributed by atoms with E-state index in [2.05, 4.69) is 46.1 Å². The normalized spacial score (nSPS) is 26.2. The number of para-hydroxylation sites is 1. The van der Waals surface area contributed by atoms with E-state index in [0.717, 1.165) is 30.2 Å². The fraction of sp³-hybridized carbons (Fsp3) is 0.556. The van der Waals surface area contributed by atoms with Crippen LogP contribution < -0.4 is 4.90 Å². The Hall–Kier alpha value is -1.68. The minimum absolute atomic E-state index is 0.465. The van der Waals surface area contributed by atoms with Crippen LogP contribution in [0.3, 0.4) is 0 Å². The molecule has 1 aromatic heterocycles. The molecule has 3 heterocycles. The molecule has 2 aliphatic rings. The van der Waals surface area contributed by atoms with Crippen LogP contribution in [0.15, 0.2) is 24.3 Å². The molecule has 2 aliphatic heterocycles. The molecule has 22 heavy (non-hydrogen) atoms. The summed E-state index contributed by atoms with van der Waals surface area (Å²) >= 11 is 0. The molecule has 2 saturated heterocycles. The van der Waals surface area contributed by atoms with Gasteiger partial charge in [0.15, 0.2) is 0 Å². The number of piperidine rings is 1. The largest absolute Gasteiger partial charge is 0.355 e. The third-order valence-electron chi connectivity index (χ3n) is 5.29. The van der Waals surface area contributed by atoms with Gasteiger partial charge in [-0.15, -0.1) is 0 Å². The average Bonchev–Trinajstić information content (AvgIpc) is 2.86. The summed E-state index contributed by atoms with van der Waals surface area (Å²) in [4.78, 5) is 14.4. The highest BCUT2D eigenvalue weighted by Gasteiger charge is 2.40. The zero-order chi connectivity index (χ0) is 15.2. The number of aromatic nitrogens is 2. The van der Waals surface area contributed by atoms with E-state index in [-0.39, 0.29) is 0 Å². The third-order valence-corrected chi connectivity index (χ3v) is 5.29. The molecule has 0 amide bonds. The molecule has 2 fully saturated rings. The van der Waals surface area contributed by atoms with Crippen molar-refractivity contribution in [2.45, 2.75) is 26.2 Å². The second-order valence-electron chi connectivity index (χ2n) is 7.12. The van der Waals surface area contributed by atoms with Crippen molar-refractivity contribution in [2.24, 2.45) is 5.41 Å². The van der Waals surface area contributed by atoms with Crippen LogP contribution in [-0.4, -0.2) is 48.1 Å². The number of rotatable bonds is 1. The molecule has 4 rings (SSSR count). The van der Waals surface area contributed by atoms with Crippen molar-refractivity contribution in [2.75, 3.05) is 38.1 Å². The predicted molar refractivity (Wildman–Crippen MR) is 90.3 cm³/mol. The van der Waals surface area contributed by atoms with Crippen LogP contribution in [-0.2, 0) is 0 Å². The molecule has 1 spiro atoms. The van der Waals surface area contributed by atoms with Gasteiger partial charge in [-0.05, 0) is 51.9 Å². The van der Waals surface area contributed by atoms with Crippen molar-refractivity contribution in [3.63, 3.8) is 0 Å². The first-order valence-corrected chi connectivity index (χ1v) is 8.32. The van der Waals surface area contributed by atoms with Crippen molar-refractivity contribution in [1.29, 1.82) is 0 Å². The molecule has 0 aliphatic carbocycles. The van der Waals surface area contributed by atoms with E-state index >= 15 is 0 Å². The van der Waals surface area contributed by atoms with Gasteiger partial charge < -0.3 is 9.80 Å². The number of benzene rings is 1. The van der Waals surface area contributed by atoms with Gasteiger partial charge in [0, 0.05) is 30.4 Å². The second-order valence-corrected chi connectivity index (χ2v) is 7.12. The van der Waals surface area contributed by atoms with Gasteiger partial charge in [0.1, 0.15) is 11.6 Å². The second kappa shape index (κ2) is 5.20. The Morgan fingerprint density at radius 1 is 1.05 bits per heavy atom. The van der Waals surface area contributed by atoms with Crippen molar-refractivity contribution in [1.82, 2.24) is 14.9 Å². The number of hydrogen-bond donors (Lipinski definition) is 0. The summed E-state index contributed by atoms with van der Waals surface area (Å²) in [6, 6.07) is 8.40. The fourth-order valence-corrected chi connectivity index (χ4v) is 4.29. The maximum Gasteiger partial charge on any atom is 0.140 e. The van der Waals surface area contributed by atoms with Gasteiger partial charge >= 0.3 is 0 Å². The van der Waals surface area contributed by atoms with Crippen molar-refractivity contribution in [3.8, 4) is 0 Å². The van der Waals surface area contributed by atoms with Crippen LogP contribution in [0, 0.1) is 12.3 Å². The Morgan fingerprint density at radius 2 is 1.91 bits per heavy atom. The average molecular weight is 296 g/mol. The molecular weight excluding hydrogens is 272 g/mol. The molecule has 1 atom stereocenters. The number of anilines is 1. The minimum atomic E-state index is 0.465. The number of nitrogens with zero attached hydrogens (tertiary/aromatic N) is 4. The molecule has 0 radical (unpaired) electrons. The highest BCUT2D eigenvalue weighted by molar-refractivity contribution is 5.89. The fourth-order valence-electron chi connectivity index (χ4n) is 4.29. The smallest absolute Gasteiger partial charge is 0.140 e. The number of likely N-dealkylation sites (tertiary alicyclic amines) is 1. The van der Waals surface area contributed by atoms with Gasteiger partial charge in [-0.25, -0.2) is 9.97 Å². The van der Waals surface area contributed by atoms with Crippen molar-refractivity contribution in [3.05, 3.63) is 30.1 Å². The summed E-state index contributed by atoms with van der Waals surface area (Å²) in [7, 11) is 2.25. The topological polar surface area (TPSA) is 32.3 Å². The zero-order valence-corrected chi connectivity index (χ0v) is 13.5. The summed E-state index contributed by atoms with van der Waals surface area (Å²) in [6.45, 7) is 6.71. The highest BCUT2D eigenvalue weighted by atomic mass is 15.2. The molecule has 116 valence electrons. The minimum Gasteiger partial charge on any atom is -0.355 e. The lowest BCUT2D eigenvalue weighted by Gasteiger charge is -2.41. The summed E-state index contributed by atoms with van der Waals surface area (Å²) in [5, 5.41) is 1.19. The molecule has 2 aromatic rings. The van der Waals surface area contributed by atoms with E-state index in [1.54, 1.807) is 0 Å². The van der Waals surface area contributed by atoms with E-state index in [4.69, 9.17) is 4.98 Å². The van der Waals surface area contributed by atoms with E-state index in [0.29, 0.717) is 5.41 Å². The lowest BCUT2D eigenvalue weighted by molar-refractivity contribution is 0.234. The van der Waals surface area contributed by atoms with Gasteiger partial charge in [-0.2, -0.15) is 0 Å². The van der Waals surface area contributed by atoms with Gasteiger partial charge in [0.05, 0.1) is 5.52 Å². The molecule has 4 heteroatoms. The van der Waals surface area contributed by atoms with Crippen LogP contribution in [0.2, 0.25) is 0 Å². The van der Waals surface area contributed by atoms with Crippen LogP contribution in [0.1, 0.15) is 25.1 Å². The standard InChI is InChI=1S/C18H24N4/c1-14-19-16-7-4-3-6-15(16)17(20-14)22-10-5-8-18(13-22)9-11-21(2)12-18/h3-4,6-7H,5,8-13H2,1-2H3. The zero-order valence-electron chi connectivity index (χ0n) is 13.5. The van der Waals surface area contributed by atoms with Crippen LogP contribution in [0.5, 0.6) is 0 Å². The monoisotopic (exact) mass is 296 g/mol. The first-order chi connectivity index (χ1) is 10.7. The maximum atomic E-state index is 4.80. The van der Waals surface area contributed by atoms with E-state index in [1.807, 2.05) is 6.92 Å². The lowest BCUT2D eigenvalue weighted by atomic mass is 9.79. The SMILES string of the molecule is Cc1nc(N2CCCC3(CCN(C)C3)C2)c2ccccc2n1. The Morgan fingerprint density at radius 3 is 2.73 bits per heavy atom. The summed E-state index contributed by atoms with van der Waals surface area (Å²) in [6.07, 6.45) is 3.95. The predicted octanol–water partition coefficient (Wildman–Crippen LogP) is 2.86. The van der Waals surface area contributed by atoms with E-state index in [1.165, 1.54) is 37.7 Å². The Bertz CT molecular complexity index is 695. The van der Waals surface area contributed by atoms with Gasteiger partial charge in [-0.1, -0.05) is 12.1 Å². The molecule has 1 aromatic carbocycles. The molecule has 0 saturated carbocycles. The summed E-state index contributed by atoms with van der Waals surface area (Å²) in [5.41, 5.74) is 1.53. The number of aryl methyl sites for hydroxylation is 1. The first kappa shape index (κ1) is 13.9. The quantitative estimate of drug-likeness (QED) is 0.810. The molecule has 4 nitrogen and oxygen atoms in total. The summed E-state index contributed by atoms with van der Waals surface area (Å²) < 4.78 is 0. The first-order valence-electron chi connectivity index (χ1n) is 8.32. The van der Waals surface area contributed by atoms with Crippen LogP contribution in [0.25, 0.3) is 10.9 Å². The maximum absolute atomic E-state index is 4.80. The molecule has 0 N–H and O–H groups in total. The van der Waals surface area contributed by atoms with Gasteiger partial charge in [0.25, 0.3) is 0 Å². The van der Waals surface area contributed by atoms with Crippen LogP contribution >= 0.6 is 0 Å². The van der Waals surface area contributed by atoms with E-state index < -0.39 is 0 Å². The van der Waals surface area contributed by atoms with Crippen molar-refractivity contribution >= 4 is 16.7 Å². The van der Waals surface area contributed by atoms with Gasteiger partial charge in [0.2, 0.25) is 0 Å². The number of fused-ring (bicyclic) bond motifs is 1. The highest BCUT2D eigenvalue weighted by Crippen LogP contribution is 2.40. The van der Waals surface area contributed by atoms with Crippen molar-refractivity contribution < 1.29 is 0 Å². The van der Waals surface area contributed by atoms with Crippen LogP contribution in [0.4, 0.5) is 5.82 Å². The Balaban J connectivity index is 1.72.